The van der Waals surface area contributed by atoms with Gasteiger partial charge in [-0.25, -0.2) is 4.39 Å². The van der Waals surface area contributed by atoms with Crippen molar-refractivity contribution >= 4 is 40.2 Å². The van der Waals surface area contributed by atoms with E-state index in [0.717, 1.165) is 22.0 Å². The molecule has 0 saturated heterocycles. The summed E-state index contributed by atoms with van der Waals surface area (Å²) in [6, 6.07) is 21.4. The van der Waals surface area contributed by atoms with E-state index in [-0.39, 0.29) is 17.5 Å². The van der Waals surface area contributed by atoms with Crippen LogP contribution in [-0.4, -0.2) is 31.4 Å². The summed E-state index contributed by atoms with van der Waals surface area (Å²) < 4.78 is 15.4. The normalized spacial score (nSPS) is 11.1. The van der Waals surface area contributed by atoms with Gasteiger partial charge in [0.25, 0.3) is 0 Å². The van der Waals surface area contributed by atoms with Crippen LogP contribution in [0.15, 0.2) is 84.1 Å². The van der Waals surface area contributed by atoms with Crippen molar-refractivity contribution in [1.82, 2.24) is 25.1 Å². The van der Waals surface area contributed by atoms with Crippen molar-refractivity contribution in [3.8, 4) is 17.1 Å². The molecule has 2 N–H and O–H groups in total. The highest BCUT2D eigenvalue weighted by atomic mass is 35.5. The lowest BCUT2D eigenvalue weighted by atomic mass is 10.1. The van der Waals surface area contributed by atoms with Gasteiger partial charge in [0.15, 0.2) is 11.0 Å². The molecule has 5 aromatic rings. The fourth-order valence-corrected chi connectivity index (χ4v) is 4.62. The van der Waals surface area contributed by atoms with Gasteiger partial charge in [-0.15, -0.1) is 10.2 Å². The predicted octanol–water partition coefficient (Wildman–Crippen LogP) is 5.62. The molecular formula is C25H19ClFN5OS. The second kappa shape index (κ2) is 9.70. The highest BCUT2D eigenvalue weighted by Gasteiger charge is 2.20. The van der Waals surface area contributed by atoms with Gasteiger partial charge in [-0.2, -0.15) is 0 Å². The number of aromatic nitrogens is 4. The van der Waals surface area contributed by atoms with Crippen LogP contribution in [0.3, 0.4) is 0 Å². The van der Waals surface area contributed by atoms with Gasteiger partial charge >= 0.3 is 0 Å². The molecule has 0 unspecified atom stereocenters. The number of fused-ring (bicyclic) bond motifs is 1. The summed E-state index contributed by atoms with van der Waals surface area (Å²) in [5.41, 5.74) is 3.38. The summed E-state index contributed by atoms with van der Waals surface area (Å²) in [7, 11) is 0. The van der Waals surface area contributed by atoms with Crippen LogP contribution in [0.2, 0.25) is 5.02 Å². The number of amides is 1. The fraction of sp³-hybridized carbons (Fsp3) is 0.0800. The average Bonchev–Trinajstić information content (AvgIpc) is 3.47. The van der Waals surface area contributed by atoms with Crippen molar-refractivity contribution in [3.63, 3.8) is 0 Å². The lowest BCUT2D eigenvalue weighted by molar-refractivity contribution is -0.118. The number of thioether (sulfide) groups is 1. The smallest absolute Gasteiger partial charge is 0.230 e. The van der Waals surface area contributed by atoms with E-state index in [1.807, 2.05) is 53.2 Å². The van der Waals surface area contributed by atoms with Crippen molar-refractivity contribution in [1.29, 1.82) is 0 Å². The predicted molar refractivity (Wildman–Crippen MR) is 133 cm³/mol. The maximum absolute atomic E-state index is 13.6. The Morgan fingerprint density at radius 1 is 1.03 bits per heavy atom. The average molecular weight is 492 g/mol. The van der Waals surface area contributed by atoms with Crippen LogP contribution in [0, 0.1) is 5.82 Å². The molecule has 0 bridgehead atoms. The highest BCUT2D eigenvalue weighted by molar-refractivity contribution is 7.99. The summed E-state index contributed by atoms with van der Waals surface area (Å²) >= 11 is 7.42. The summed E-state index contributed by atoms with van der Waals surface area (Å²) in [6.07, 6.45) is 1.87. The molecule has 1 amide bonds. The standard InChI is InChI=1S/C25H19ClFN5OS/c26-21-7-3-1-5-16(21)13-29-23(33)15-34-25-31-30-24(32(25)18-11-9-17(27)10-12-18)20-14-28-22-8-4-2-6-19(20)22/h1-12,14,28H,13,15H2,(H,29,33). The molecule has 0 aliphatic carbocycles. The van der Waals surface area contributed by atoms with Crippen LogP contribution in [0.1, 0.15) is 5.56 Å². The number of halogens is 2. The SMILES string of the molecule is O=C(CSc1nnc(-c2c[nH]c3ccccc23)n1-c1ccc(F)cc1)NCc1ccccc1Cl. The number of H-pyrrole nitrogens is 1. The number of benzene rings is 3. The summed E-state index contributed by atoms with van der Waals surface area (Å²) in [5.74, 6) is 0.242. The second-order valence-corrected chi connectivity index (χ2v) is 8.87. The van der Waals surface area contributed by atoms with Gasteiger partial charge in [-0.05, 0) is 42.0 Å². The minimum absolute atomic E-state index is 0.137. The maximum atomic E-state index is 13.6. The van der Waals surface area contributed by atoms with Crippen molar-refractivity contribution in [2.75, 3.05) is 5.75 Å². The van der Waals surface area contributed by atoms with E-state index < -0.39 is 0 Å². The van der Waals surface area contributed by atoms with Gasteiger partial charge in [-0.1, -0.05) is 59.8 Å². The van der Waals surface area contributed by atoms with Gasteiger partial charge in [0.05, 0.1) is 5.75 Å². The zero-order valence-corrected chi connectivity index (χ0v) is 19.4. The number of carbonyl (C=O) groups is 1. The lowest BCUT2D eigenvalue weighted by Crippen LogP contribution is -2.24. The van der Waals surface area contributed by atoms with E-state index in [0.29, 0.717) is 28.2 Å². The Hall–Kier alpha value is -3.62. The number of nitrogens with zero attached hydrogens (tertiary/aromatic N) is 3. The number of nitrogens with one attached hydrogen (secondary N) is 2. The van der Waals surface area contributed by atoms with Crippen LogP contribution in [-0.2, 0) is 11.3 Å². The van der Waals surface area contributed by atoms with E-state index in [1.165, 1.54) is 23.9 Å². The van der Waals surface area contributed by atoms with E-state index in [2.05, 4.69) is 20.5 Å². The first kappa shape index (κ1) is 22.2. The molecule has 0 aliphatic rings. The monoisotopic (exact) mass is 491 g/mol. The maximum Gasteiger partial charge on any atom is 0.230 e. The second-order valence-electron chi connectivity index (χ2n) is 7.52. The Labute approximate surface area is 204 Å². The molecule has 0 aliphatic heterocycles. The van der Waals surface area contributed by atoms with Gasteiger partial charge in [0.2, 0.25) is 5.91 Å². The number of rotatable bonds is 7. The first-order chi connectivity index (χ1) is 16.6. The molecular weight excluding hydrogens is 473 g/mol. The third-order valence-electron chi connectivity index (χ3n) is 5.31. The first-order valence-corrected chi connectivity index (χ1v) is 11.9. The van der Waals surface area contributed by atoms with Crippen molar-refractivity contribution in [2.45, 2.75) is 11.7 Å². The number of hydrogen-bond acceptors (Lipinski definition) is 4. The Morgan fingerprint density at radius 3 is 2.62 bits per heavy atom. The Balaban J connectivity index is 1.41. The van der Waals surface area contributed by atoms with Crippen LogP contribution in [0.5, 0.6) is 0 Å². The van der Waals surface area contributed by atoms with Crippen LogP contribution < -0.4 is 5.32 Å². The molecule has 34 heavy (non-hydrogen) atoms. The van der Waals surface area contributed by atoms with Gasteiger partial charge in [0, 0.05) is 39.9 Å². The molecule has 3 aromatic carbocycles. The van der Waals surface area contributed by atoms with Gasteiger partial charge in [0.1, 0.15) is 5.82 Å². The quantitative estimate of drug-likeness (QED) is 0.290. The van der Waals surface area contributed by atoms with Crippen LogP contribution in [0.25, 0.3) is 28.0 Å². The van der Waals surface area contributed by atoms with Crippen LogP contribution in [0.4, 0.5) is 4.39 Å². The lowest BCUT2D eigenvalue weighted by Gasteiger charge is -2.10. The van der Waals surface area contributed by atoms with Gasteiger partial charge in [-0.3, -0.25) is 9.36 Å². The topological polar surface area (TPSA) is 75.6 Å². The number of para-hydroxylation sites is 1. The molecule has 0 saturated carbocycles. The molecule has 0 atom stereocenters. The number of carbonyl (C=O) groups excluding carboxylic acids is 1. The van der Waals surface area contributed by atoms with Crippen molar-refractivity contribution in [2.24, 2.45) is 0 Å². The van der Waals surface area contributed by atoms with E-state index in [9.17, 15) is 9.18 Å². The molecule has 0 radical (unpaired) electrons. The molecule has 6 nitrogen and oxygen atoms in total. The summed E-state index contributed by atoms with van der Waals surface area (Å²) in [6.45, 7) is 0.338. The molecule has 2 aromatic heterocycles. The Bertz CT molecular complexity index is 1460. The van der Waals surface area contributed by atoms with Crippen molar-refractivity contribution < 1.29 is 9.18 Å². The Morgan fingerprint density at radius 2 is 1.79 bits per heavy atom. The van der Waals surface area contributed by atoms with E-state index in [4.69, 9.17) is 11.6 Å². The Kier molecular flexibility index (Phi) is 6.33. The molecule has 5 rings (SSSR count). The van der Waals surface area contributed by atoms with Crippen molar-refractivity contribution in [3.05, 3.63) is 95.4 Å². The molecule has 170 valence electrons. The largest absolute Gasteiger partial charge is 0.360 e. The molecule has 0 spiro atoms. The fourth-order valence-electron chi connectivity index (χ4n) is 3.63. The summed E-state index contributed by atoms with van der Waals surface area (Å²) in [5, 5.41) is 13.8. The van der Waals surface area contributed by atoms with E-state index in [1.54, 1.807) is 18.2 Å². The number of aromatic amines is 1. The molecule has 0 fully saturated rings. The number of hydrogen-bond donors (Lipinski definition) is 2. The molecule has 9 heteroatoms. The van der Waals surface area contributed by atoms with E-state index >= 15 is 0 Å². The highest BCUT2D eigenvalue weighted by Crippen LogP contribution is 2.32. The third-order valence-corrected chi connectivity index (χ3v) is 6.61. The van der Waals surface area contributed by atoms with Crippen LogP contribution >= 0.6 is 23.4 Å². The zero-order valence-electron chi connectivity index (χ0n) is 17.8. The first-order valence-electron chi connectivity index (χ1n) is 10.5. The minimum atomic E-state index is -0.335. The zero-order chi connectivity index (χ0) is 23.5. The minimum Gasteiger partial charge on any atom is -0.360 e. The summed E-state index contributed by atoms with van der Waals surface area (Å²) in [4.78, 5) is 15.8. The third kappa shape index (κ3) is 4.55. The van der Waals surface area contributed by atoms with Gasteiger partial charge < -0.3 is 10.3 Å². The molecule has 2 heterocycles.